The number of nitrogens with zero attached hydrogens (tertiary/aromatic N) is 2. The highest BCUT2D eigenvalue weighted by molar-refractivity contribution is 14.0. The van der Waals surface area contributed by atoms with Crippen LogP contribution in [0.5, 0.6) is 5.75 Å². The zero-order chi connectivity index (χ0) is 23.0. The number of alkyl halides is 3. The van der Waals surface area contributed by atoms with E-state index in [-0.39, 0.29) is 42.2 Å². The molecule has 0 saturated carbocycles. The summed E-state index contributed by atoms with van der Waals surface area (Å²) < 4.78 is 42.5. The van der Waals surface area contributed by atoms with Gasteiger partial charge in [-0.2, -0.15) is 13.2 Å². The van der Waals surface area contributed by atoms with E-state index in [9.17, 15) is 18.0 Å². The maximum atomic E-state index is 12.5. The van der Waals surface area contributed by atoms with Gasteiger partial charge < -0.3 is 20.3 Å². The molecule has 0 spiro atoms. The predicted molar refractivity (Wildman–Crippen MR) is 130 cm³/mol. The standard InChI is InChI=1S/C22H27F3N4O2.HI/c1-15-5-8-18(19(11-15)31-14-22(23,24)25)13-28-21(26-2)27-12-16-6-9-17(10-7-16)20(30)29(3)4;/h5-11H,12-14H2,1-4H3,(H2,26,27,28);1H. The molecule has 0 bridgehead atoms. The minimum atomic E-state index is -4.40. The third kappa shape index (κ3) is 8.93. The van der Waals surface area contributed by atoms with Gasteiger partial charge in [-0.05, 0) is 36.2 Å². The van der Waals surface area contributed by atoms with Gasteiger partial charge in [-0.3, -0.25) is 9.79 Å². The lowest BCUT2D eigenvalue weighted by molar-refractivity contribution is -0.153. The first kappa shape index (κ1) is 27.5. The second-order valence-corrected chi connectivity index (χ2v) is 7.19. The van der Waals surface area contributed by atoms with Gasteiger partial charge in [0.05, 0.1) is 0 Å². The van der Waals surface area contributed by atoms with E-state index in [0.29, 0.717) is 23.6 Å². The summed E-state index contributed by atoms with van der Waals surface area (Å²) in [6.45, 7) is 1.14. The molecular formula is C22H28F3IN4O2. The van der Waals surface area contributed by atoms with Gasteiger partial charge in [0.15, 0.2) is 12.6 Å². The second-order valence-electron chi connectivity index (χ2n) is 7.19. The van der Waals surface area contributed by atoms with Gasteiger partial charge in [-0.25, -0.2) is 0 Å². The number of carbonyl (C=O) groups is 1. The number of aliphatic imine (C=N–C) groups is 1. The number of guanidine groups is 1. The first-order valence-corrected chi connectivity index (χ1v) is 9.63. The van der Waals surface area contributed by atoms with Crippen molar-refractivity contribution in [2.75, 3.05) is 27.7 Å². The Balaban J connectivity index is 0.00000512. The molecule has 0 aliphatic carbocycles. The smallest absolute Gasteiger partial charge is 0.422 e. The summed E-state index contributed by atoms with van der Waals surface area (Å²) in [7, 11) is 4.99. The van der Waals surface area contributed by atoms with Crippen LogP contribution in [0.25, 0.3) is 0 Å². The topological polar surface area (TPSA) is 66.0 Å². The normalized spacial score (nSPS) is 11.4. The van der Waals surface area contributed by atoms with Crippen molar-refractivity contribution in [2.45, 2.75) is 26.2 Å². The highest BCUT2D eigenvalue weighted by Crippen LogP contribution is 2.23. The number of nitrogens with one attached hydrogen (secondary N) is 2. The van der Waals surface area contributed by atoms with Crippen LogP contribution in [0.2, 0.25) is 0 Å². The van der Waals surface area contributed by atoms with Gasteiger partial charge in [0.1, 0.15) is 5.75 Å². The molecule has 0 heterocycles. The average Bonchev–Trinajstić information content (AvgIpc) is 2.72. The van der Waals surface area contributed by atoms with Gasteiger partial charge >= 0.3 is 6.18 Å². The summed E-state index contributed by atoms with van der Waals surface area (Å²) in [6, 6.07) is 12.3. The van der Waals surface area contributed by atoms with Crippen molar-refractivity contribution in [3.8, 4) is 5.75 Å². The molecule has 0 aliphatic heterocycles. The maximum Gasteiger partial charge on any atom is 0.422 e. The van der Waals surface area contributed by atoms with Crippen LogP contribution in [0.4, 0.5) is 13.2 Å². The summed E-state index contributed by atoms with van der Waals surface area (Å²) in [5, 5.41) is 6.21. The zero-order valence-corrected chi connectivity index (χ0v) is 20.7. The molecule has 176 valence electrons. The summed E-state index contributed by atoms with van der Waals surface area (Å²) in [6.07, 6.45) is -4.40. The minimum absolute atomic E-state index is 0. The second kappa shape index (κ2) is 12.5. The zero-order valence-electron chi connectivity index (χ0n) is 18.4. The van der Waals surface area contributed by atoms with Crippen LogP contribution < -0.4 is 15.4 Å². The number of hydrogen-bond acceptors (Lipinski definition) is 3. The molecule has 0 unspecified atom stereocenters. The largest absolute Gasteiger partial charge is 0.484 e. The molecule has 0 radical (unpaired) electrons. The molecule has 0 atom stereocenters. The van der Waals surface area contributed by atoms with Crippen molar-refractivity contribution in [1.29, 1.82) is 0 Å². The van der Waals surface area contributed by atoms with Gasteiger partial charge in [0.2, 0.25) is 0 Å². The number of halogens is 4. The van der Waals surface area contributed by atoms with Crippen LogP contribution in [-0.4, -0.2) is 50.7 Å². The molecule has 6 nitrogen and oxygen atoms in total. The van der Waals surface area contributed by atoms with Crippen LogP contribution in [-0.2, 0) is 13.1 Å². The molecule has 0 fully saturated rings. The molecule has 2 N–H and O–H groups in total. The minimum Gasteiger partial charge on any atom is -0.484 e. The highest BCUT2D eigenvalue weighted by Gasteiger charge is 2.28. The molecule has 2 aromatic rings. The molecule has 1 amide bonds. The Labute approximate surface area is 203 Å². The number of hydrogen-bond donors (Lipinski definition) is 2. The third-order valence-corrected chi connectivity index (χ3v) is 4.35. The molecule has 0 aliphatic rings. The monoisotopic (exact) mass is 564 g/mol. The summed E-state index contributed by atoms with van der Waals surface area (Å²) in [5.74, 6) is 0.593. The van der Waals surface area contributed by atoms with E-state index in [1.165, 1.54) is 4.90 Å². The number of benzene rings is 2. The Hall–Kier alpha value is -2.50. The fraction of sp³-hybridized carbons (Fsp3) is 0.364. The molecule has 10 heteroatoms. The van der Waals surface area contributed by atoms with Crippen LogP contribution in [0.1, 0.15) is 27.0 Å². The lowest BCUT2D eigenvalue weighted by atomic mass is 10.1. The van der Waals surface area contributed by atoms with Gasteiger partial charge in [-0.1, -0.05) is 24.3 Å². The Morgan fingerprint density at radius 2 is 1.69 bits per heavy atom. The van der Waals surface area contributed by atoms with E-state index in [1.807, 2.05) is 18.2 Å². The summed E-state index contributed by atoms with van der Waals surface area (Å²) in [4.78, 5) is 17.6. The van der Waals surface area contributed by atoms with Crippen molar-refractivity contribution in [2.24, 2.45) is 4.99 Å². The summed E-state index contributed by atoms with van der Waals surface area (Å²) in [5.41, 5.74) is 2.94. The predicted octanol–water partition coefficient (Wildman–Crippen LogP) is 4.12. The number of aryl methyl sites for hydroxylation is 1. The Morgan fingerprint density at radius 3 is 2.25 bits per heavy atom. The molecule has 0 aromatic heterocycles. The van der Waals surface area contributed by atoms with E-state index in [1.54, 1.807) is 52.3 Å². The van der Waals surface area contributed by atoms with Gasteiger partial charge in [-0.15, -0.1) is 24.0 Å². The molecule has 0 saturated heterocycles. The first-order chi connectivity index (χ1) is 14.6. The lowest BCUT2D eigenvalue weighted by Gasteiger charge is -2.16. The number of rotatable bonds is 7. The SMILES string of the molecule is CN=C(NCc1ccc(C(=O)N(C)C)cc1)NCc1ccc(C)cc1OCC(F)(F)F.I. The maximum absolute atomic E-state index is 12.5. The van der Waals surface area contributed by atoms with E-state index < -0.39 is 12.8 Å². The van der Waals surface area contributed by atoms with Gasteiger partial charge in [0, 0.05) is 45.4 Å². The lowest BCUT2D eigenvalue weighted by Crippen LogP contribution is -2.36. The van der Waals surface area contributed by atoms with E-state index >= 15 is 0 Å². The van der Waals surface area contributed by atoms with E-state index in [0.717, 1.165) is 11.1 Å². The Morgan fingerprint density at radius 1 is 1.06 bits per heavy atom. The first-order valence-electron chi connectivity index (χ1n) is 9.63. The Bertz CT molecular complexity index is 916. The van der Waals surface area contributed by atoms with Crippen LogP contribution in [0.15, 0.2) is 47.5 Å². The number of carbonyl (C=O) groups excluding carboxylic acids is 1. The van der Waals surface area contributed by atoms with Crippen molar-refractivity contribution in [1.82, 2.24) is 15.5 Å². The van der Waals surface area contributed by atoms with Crippen LogP contribution in [0, 0.1) is 6.92 Å². The fourth-order valence-electron chi connectivity index (χ4n) is 2.71. The van der Waals surface area contributed by atoms with Crippen molar-refractivity contribution in [3.63, 3.8) is 0 Å². The van der Waals surface area contributed by atoms with Crippen LogP contribution in [0.3, 0.4) is 0 Å². The molecule has 2 aromatic carbocycles. The molecule has 32 heavy (non-hydrogen) atoms. The fourth-order valence-corrected chi connectivity index (χ4v) is 2.71. The van der Waals surface area contributed by atoms with Crippen molar-refractivity contribution >= 4 is 35.8 Å². The quantitative estimate of drug-likeness (QED) is 0.302. The molecular weight excluding hydrogens is 536 g/mol. The van der Waals surface area contributed by atoms with Gasteiger partial charge in [0.25, 0.3) is 5.91 Å². The average molecular weight is 564 g/mol. The molecule has 2 rings (SSSR count). The van der Waals surface area contributed by atoms with Crippen molar-refractivity contribution in [3.05, 3.63) is 64.7 Å². The Kier molecular flexibility index (Phi) is 10.8. The summed E-state index contributed by atoms with van der Waals surface area (Å²) >= 11 is 0. The highest BCUT2D eigenvalue weighted by atomic mass is 127. The van der Waals surface area contributed by atoms with Crippen molar-refractivity contribution < 1.29 is 22.7 Å². The van der Waals surface area contributed by atoms with E-state index in [2.05, 4.69) is 15.6 Å². The van der Waals surface area contributed by atoms with Crippen LogP contribution >= 0.6 is 24.0 Å². The van der Waals surface area contributed by atoms with E-state index in [4.69, 9.17) is 4.74 Å². The number of ether oxygens (including phenoxy) is 1. The third-order valence-electron chi connectivity index (χ3n) is 4.35. The number of amides is 1.